The summed E-state index contributed by atoms with van der Waals surface area (Å²) in [5.74, 6) is 1.85. The van der Waals surface area contributed by atoms with E-state index in [-0.39, 0.29) is 6.61 Å². The quantitative estimate of drug-likeness (QED) is 0.849. The molecule has 0 spiro atoms. The van der Waals surface area contributed by atoms with Gasteiger partial charge in [-0.1, -0.05) is 11.6 Å². The van der Waals surface area contributed by atoms with Crippen molar-refractivity contribution < 1.29 is 14.6 Å². The van der Waals surface area contributed by atoms with Gasteiger partial charge in [-0.3, -0.25) is 0 Å². The number of hydrogen-bond acceptors (Lipinski definition) is 6. The van der Waals surface area contributed by atoms with Crippen LogP contribution in [0.1, 0.15) is 5.89 Å². The Morgan fingerprint density at radius 3 is 2.68 bits per heavy atom. The fourth-order valence-electron chi connectivity index (χ4n) is 1.36. The number of hydrogen-bond donors (Lipinski definition) is 2. The van der Waals surface area contributed by atoms with Crippen LogP contribution in [0.3, 0.4) is 0 Å². The highest BCUT2D eigenvalue weighted by Crippen LogP contribution is 2.21. The van der Waals surface area contributed by atoms with Gasteiger partial charge in [0.05, 0.1) is 18.5 Å². The molecule has 0 aliphatic rings. The minimum atomic E-state index is -0.719. The summed E-state index contributed by atoms with van der Waals surface area (Å²) in [6, 6.07) is 7.13. The topological polar surface area (TPSA) is 79.4 Å². The largest absolute Gasteiger partial charge is 0.420 e. The zero-order valence-corrected chi connectivity index (χ0v) is 11.6. The predicted molar refractivity (Wildman–Crippen MR) is 74.0 cm³/mol. The van der Waals surface area contributed by atoms with E-state index in [1.807, 2.05) is 12.1 Å². The fourth-order valence-corrected chi connectivity index (χ4v) is 2.27. The highest BCUT2D eigenvalue weighted by atomic mass is 35.5. The average Bonchev–Trinajstić information content (AvgIpc) is 2.88. The molecule has 0 bridgehead atoms. The number of aliphatic hydroxyl groups is 2. The summed E-state index contributed by atoms with van der Waals surface area (Å²) in [5.41, 5.74) is 0.809. The van der Waals surface area contributed by atoms with Crippen LogP contribution in [0, 0.1) is 0 Å². The molecule has 0 saturated carbocycles. The van der Waals surface area contributed by atoms with E-state index in [0.29, 0.717) is 28.3 Å². The van der Waals surface area contributed by atoms with Crippen molar-refractivity contribution in [1.82, 2.24) is 10.2 Å². The molecule has 19 heavy (non-hydrogen) atoms. The minimum absolute atomic E-state index is 0.243. The molecule has 1 unspecified atom stereocenters. The summed E-state index contributed by atoms with van der Waals surface area (Å²) >= 11 is 7.22. The Bertz CT molecular complexity index is 518. The summed E-state index contributed by atoms with van der Waals surface area (Å²) < 4.78 is 5.49. The third-order valence-corrected chi connectivity index (χ3v) is 3.63. The molecular formula is C12H13ClN2O3S. The van der Waals surface area contributed by atoms with E-state index >= 15 is 0 Å². The van der Waals surface area contributed by atoms with Crippen molar-refractivity contribution in [2.75, 3.05) is 12.4 Å². The van der Waals surface area contributed by atoms with Crippen LogP contribution in [-0.4, -0.2) is 38.9 Å². The van der Waals surface area contributed by atoms with E-state index in [9.17, 15) is 5.11 Å². The van der Waals surface area contributed by atoms with Gasteiger partial charge in [0.25, 0.3) is 0 Å². The third-order valence-electron chi connectivity index (χ3n) is 2.30. The van der Waals surface area contributed by atoms with Crippen LogP contribution < -0.4 is 0 Å². The number of aromatic nitrogens is 2. The van der Waals surface area contributed by atoms with E-state index in [4.69, 9.17) is 21.1 Å². The Labute approximate surface area is 119 Å². The first kappa shape index (κ1) is 14.3. The fraction of sp³-hybridized carbons (Fsp3) is 0.333. The van der Waals surface area contributed by atoms with Crippen molar-refractivity contribution in [3.63, 3.8) is 0 Å². The zero-order chi connectivity index (χ0) is 13.7. The molecule has 1 aromatic carbocycles. The first-order valence-electron chi connectivity index (χ1n) is 5.64. The molecule has 102 valence electrons. The highest BCUT2D eigenvalue weighted by molar-refractivity contribution is 7.98. The Balaban J connectivity index is 1.93. The lowest BCUT2D eigenvalue weighted by Crippen LogP contribution is -2.14. The van der Waals surface area contributed by atoms with Crippen LogP contribution in [0.25, 0.3) is 11.5 Å². The second-order valence-electron chi connectivity index (χ2n) is 3.86. The Hall–Kier alpha value is -1.08. The molecular weight excluding hydrogens is 288 g/mol. The molecule has 0 aliphatic carbocycles. The van der Waals surface area contributed by atoms with Gasteiger partial charge in [-0.15, -0.1) is 22.0 Å². The number of benzene rings is 1. The summed E-state index contributed by atoms with van der Waals surface area (Å²) in [7, 11) is 0. The van der Waals surface area contributed by atoms with E-state index in [0.717, 1.165) is 5.56 Å². The van der Waals surface area contributed by atoms with Crippen LogP contribution in [0.15, 0.2) is 28.7 Å². The zero-order valence-electron chi connectivity index (χ0n) is 9.99. The van der Waals surface area contributed by atoms with Gasteiger partial charge in [-0.05, 0) is 24.3 Å². The molecule has 5 nitrogen and oxygen atoms in total. The van der Waals surface area contributed by atoms with Crippen molar-refractivity contribution in [3.8, 4) is 11.5 Å². The molecule has 1 heterocycles. The second kappa shape index (κ2) is 6.91. The van der Waals surface area contributed by atoms with Gasteiger partial charge in [-0.2, -0.15) is 0 Å². The molecule has 0 radical (unpaired) electrons. The number of rotatable bonds is 6. The van der Waals surface area contributed by atoms with Crippen molar-refractivity contribution in [3.05, 3.63) is 35.2 Å². The maximum atomic E-state index is 9.20. The second-order valence-corrected chi connectivity index (χ2v) is 5.33. The van der Waals surface area contributed by atoms with Gasteiger partial charge in [-0.25, -0.2) is 0 Å². The normalized spacial score (nSPS) is 12.6. The van der Waals surface area contributed by atoms with E-state index in [2.05, 4.69) is 10.2 Å². The summed E-state index contributed by atoms with van der Waals surface area (Å²) in [5, 5.41) is 26.4. The van der Waals surface area contributed by atoms with Crippen molar-refractivity contribution in [2.45, 2.75) is 11.9 Å². The standard InChI is InChI=1S/C12H13ClN2O3S/c13-9-3-1-8(2-4-9)12-15-14-11(18-12)7-19-6-10(17)5-16/h1-4,10,16-17H,5-7H2. The van der Waals surface area contributed by atoms with Crippen LogP contribution >= 0.6 is 23.4 Å². The van der Waals surface area contributed by atoms with Gasteiger partial charge in [0.15, 0.2) is 0 Å². The van der Waals surface area contributed by atoms with Crippen LogP contribution in [0.5, 0.6) is 0 Å². The van der Waals surface area contributed by atoms with Gasteiger partial charge in [0.2, 0.25) is 11.8 Å². The van der Waals surface area contributed by atoms with Crippen LogP contribution in [0.4, 0.5) is 0 Å². The molecule has 2 aromatic rings. The van der Waals surface area contributed by atoms with Crippen LogP contribution in [0.2, 0.25) is 5.02 Å². The number of halogens is 1. The summed E-state index contributed by atoms with van der Waals surface area (Å²) in [6.07, 6.45) is -0.719. The first-order chi connectivity index (χ1) is 9.19. The highest BCUT2D eigenvalue weighted by Gasteiger charge is 2.09. The SMILES string of the molecule is OCC(O)CSCc1nnc(-c2ccc(Cl)cc2)o1. The third kappa shape index (κ3) is 4.21. The lowest BCUT2D eigenvalue weighted by molar-refractivity contribution is 0.113. The molecule has 0 fully saturated rings. The first-order valence-corrected chi connectivity index (χ1v) is 7.17. The van der Waals surface area contributed by atoms with Crippen molar-refractivity contribution in [2.24, 2.45) is 0 Å². The number of thioether (sulfide) groups is 1. The van der Waals surface area contributed by atoms with Gasteiger partial charge >= 0.3 is 0 Å². The summed E-state index contributed by atoms with van der Waals surface area (Å²) in [4.78, 5) is 0. The molecule has 7 heteroatoms. The predicted octanol–water partition coefficient (Wildman–Crippen LogP) is 1.98. The van der Waals surface area contributed by atoms with Gasteiger partial charge in [0.1, 0.15) is 0 Å². The number of aliphatic hydroxyl groups excluding tert-OH is 2. The average molecular weight is 301 g/mol. The Morgan fingerprint density at radius 2 is 2.00 bits per heavy atom. The molecule has 2 N–H and O–H groups in total. The monoisotopic (exact) mass is 300 g/mol. The molecule has 0 amide bonds. The van der Waals surface area contributed by atoms with Gasteiger partial charge in [0, 0.05) is 16.3 Å². The lowest BCUT2D eigenvalue weighted by atomic mass is 10.2. The van der Waals surface area contributed by atoms with Crippen molar-refractivity contribution in [1.29, 1.82) is 0 Å². The molecule has 1 atom stereocenters. The minimum Gasteiger partial charge on any atom is -0.420 e. The molecule has 0 saturated heterocycles. The van der Waals surface area contributed by atoms with E-state index in [1.54, 1.807) is 12.1 Å². The Morgan fingerprint density at radius 1 is 1.26 bits per heavy atom. The molecule has 2 rings (SSSR count). The smallest absolute Gasteiger partial charge is 0.247 e. The Kier molecular flexibility index (Phi) is 5.21. The van der Waals surface area contributed by atoms with E-state index < -0.39 is 6.10 Å². The van der Waals surface area contributed by atoms with E-state index in [1.165, 1.54) is 11.8 Å². The van der Waals surface area contributed by atoms with Gasteiger partial charge < -0.3 is 14.6 Å². The number of nitrogens with zero attached hydrogens (tertiary/aromatic N) is 2. The van der Waals surface area contributed by atoms with Crippen LogP contribution in [-0.2, 0) is 5.75 Å². The molecule has 0 aliphatic heterocycles. The van der Waals surface area contributed by atoms with Crippen molar-refractivity contribution >= 4 is 23.4 Å². The maximum absolute atomic E-state index is 9.20. The molecule has 1 aromatic heterocycles. The summed E-state index contributed by atoms with van der Waals surface area (Å²) in [6.45, 7) is -0.243. The lowest BCUT2D eigenvalue weighted by Gasteiger charge is -2.03. The maximum Gasteiger partial charge on any atom is 0.247 e.